The van der Waals surface area contributed by atoms with E-state index in [4.69, 9.17) is 21.1 Å². The standard InChI is InChI=1S/C17H14ClNO6/c1-2-24-17(21)8-11-3-5-14(18)16(7-11)25-15-6-4-13(19(22)23)9-12(15)10-20/h3-7,9-10H,2,8H2,1H3. The van der Waals surface area contributed by atoms with Gasteiger partial charge >= 0.3 is 5.97 Å². The molecule has 2 rings (SSSR count). The number of nitro benzene ring substituents is 1. The number of nitrogens with zero attached hydrogens (tertiary/aromatic N) is 1. The Morgan fingerprint density at radius 3 is 2.64 bits per heavy atom. The van der Waals surface area contributed by atoms with Crippen molar-refractivity contribution in [2.45, 2.75) is 13.3 Å². The smallest absolute Gasteiger partial charge is 0.310 e. The number of nitro groups is 1. The number of aldehydes is 1. The highest BCUT2D eigenvalue weighted by molar-refractivity contribution is 6.32. The summed E-state index contributed by atoms with van der Waals surface area (Å²) in [6.07, 6.45) is 0.501. The number of halogens is 1. The predicted molar refractivity (Wildman–Crippen MR) is 90.3 cm³/mol. The lowest BCUT2D eigenvalue weighted by Gasteiger charge is -2.11. The van der Waals surface area contributed by atoms with Crippen LogP contribution in [0.2, 0.25) is 5.02 Å². The predicted octanol–water partition coefficient (Wildman–Crippen LogP) is 3.96. The minimum absolute atomic E-state index is 0.0149. The van der Waals surface area contributed by atoms with Crippen molar-refractivity contribution in [1.82, 2.24) is 0 Å². The molecule has 0 spiro atoms. The number of non-ortho nitro benzene ring substituents is 1. The summed E-state index contributed by atoms with van der Waals surface area (Å²) in [5.74, 6) is -0.0455. The van der Waals surface area contributed by atoms with E-state index in [0.29, 0.717) is 11.8 Å². The Morgan fingerprint density at radius 1 is 1.24 bits per heavy atom. The average Bonchev–Trinajstić information content (AvgIpc) is 2.58. The molecule has 8 heteroatoms. The van der Waals surface area contributed by atoms with Crippen LogP contribution in [0.3, 0.4) is 0 Å². The van der Waals surface area contributed by atoms with Crippen molar-refractivity contribution < 1.29 is 24.0 Å². The highest BCUT2D eigenvalue weighted by atomic mass is 35.5. The van der Waals surface area contributed by atoms with Crippen LogP contribution in [0.15, 0.2) is 36.4 Å². The molecule has 0 heterocycles. The Kier molecular flexibility index (Phi) is 6.08. The topological polar surface area (TPSA) is 95.7 Å². The van der Waals surface area contributed by atoms with Gasteiger partial charge in [0.15, 0.2) is 6.29 Å². The van der Waals surface area contributed by atoms with Crippen LogP contribution in [0, 0.1) is 10.1 Å². The van der Waals surface area contributed by atoms with Gasteiger partial charge in [0.25, 0.3) is 5.69 Å². The fourth-order valence-corrected chi connectivity index (χ4v) is 2.22. The Bertz CT molecular complexity index is 821. The quantitative estimate of drug-likeness (QED) is 0.320. The maximum atomic E-state index is 11.6. The third kappa shape index (κ3) is 4.77. The molecular weight excluding hydrogens is 350 g/mol. The second-order valence-corrected chi connectivity index (χ2v) is 5.35. The first kappa shape index (κ1) is 18.4. The highest BCUT2D eigenvalue weighted by Crippen LogP contribution is 2.33. The van der Waals surface area contributed by atoms with E-state index in [2.05, 4.69) is 0 Å². The monoisotopic (exact) mass is 363 g/mol. The van der Waals surface area contributed by atoms with Gasteiger partial charge in [-0.15, -0.1) is 0 Å². The summed E-state index contributed by atoms with van der Waals surface area (Å²) in [5.41, 5.74) is 0.407. The van der Waals surface area contributed by atoms with Crippen molar-refractivity contribution in [3.63, 3.8) is 0 Å². The summed E-state index contributed by atoms with van der Waals surface area (Å²) in [5, 5.41) is 11.0. The van der Waals surface area contributed by atoms with Crippen LogP contribution in [-0.2, 0) is 16.0 Å². The first-order valence-electron chi connectivity index (χ1n) is 7.30. The van der Waals surface area contributed by atoms with E-state index in [1.54, 1.807) is 25.1 Å². The lowest BCUT2D eigenvalue weighted by molar-refractivity contribution is -0.384. The van der Waals surface area contributed by atoms with E-state index >= 15 is 0 Å². The molecule has 25 heavy (non-hydrogen) atoms. The molecule has 0 aliphatic rings. The largest absolute Gasteiger partial charge is 0.466 e. The number of carbonyl (C=O) groups excluding carboxylic acids is 2. The lowest BCUT2D eigenvalue weighted by Crippen LogP contribution is -2.07. The molecule has 0 aliphatic heterocycles. The Morgan fingerprint density at radius 2 is 2.00 bits per heavy atom. The molecule has 0 N–H and O–H groups in total. The molecule has 0 radical (unpaired) electrons. The van der Waals surface area contributed by atoms with Gasteiger partial charge in [-0.3, -0.25) is 19.7 Å². The minimum atomic E-state index is -0.607. The molecule has 2 aromatic rings. The fourth-order valence-electron chi connectivity index (χ4n) is 2.07. The Hall–Kier alpha value is -2.93. The SMILES string of the molecule is CCOC(=O)Cc1ccc(Cl)c(Oc2ccc([N+](=O)[O-])cc2C=O)c1. The Labute approximate surface area is 148 Å². The van der Waals surface area contributed by atoms with Gasteiger partial charge in [-0.05, 0) is 30.7 Å². The van der Waals surface area contributed by atoms with E-state index in [0.717, 1.165) is 6.07 Å². The molecule has 0 amide bonds. The molecule has 0 bridgehead atoms. The van der Waals surface area contributed by atoms with Gasteiger partial charge in [-0.2, -0.15) is 0 Å². The van der Waals surface area contributed by atoms with Crippen molar-refractivity contribution in [2.24, 2.45) is 0 Å². The van der Waals surface area contributed by atoms with Gasteiger partial charge in [0.05, 0.1) is 28.5 Å². The molecule has 0 atom stereocenters. The van der Waals surface area contributed by atoms with Crippen LogP contribution in [0.1, 0.15) is 22.8 Å². The fraction of sp³-hybridized carbons (Fsp3) is 0.176. The molecule has 0 aromatic heterocycles. The highest BCUT2D eigenvalue weighted by Gasteiger charge is 2.14. The van der Waals surface area contributed by atoms with Crippen molar-refractivity contribution in [3.05, 3.63) is 62.7 Å². The number of carbonyl (C=O) groups is 2. The van der Waals surface area contributed by atoms with Crippen LogP contribution in [0.4, 0.5) is 5.69 Å². The number of benzene rings is 2. The number of esters is 1. The molecule has 0 saturated heterocycles. The van der Waals surface area contributed by atoms with Gasteiger partial charge in [-0.25, -0.2) is 0 Å². The molecule has 0 saturated carbocycles. The summed E-state index contributed by atoms with van der Waals surface area (Å²) in [7, 11) is 0. The summed E-state index contributed by atoms with van der Waals surface area (Å²) >= 11 is 6.08. The van der Waals surface area contributed by atoms with Crippen LogP contribution < -0.4 is 4.74 Å². The Balaban J connectivity index is 2.29. The van der Waals surface area contributed by atoms with E-state index in [1.807, 2.05) is 0 Å². The van der Waals surface area contributed by atoms with Crippen molar-refractivity contribution in [1.29, 1.82) is 0 Å². The van der Waals surface area contributed by atoms with E-state index in [1.165, 1.54) is 12.1 Å². The number of ether oxygens (including phenoxy) is 2. The van der Waals surface area contributed by atoms with Crippen molar-refractivity contribution in [2.75, 3.05) is 6.61 Å². The van der Waals surface area contributed by atoms with Gasteiger partial charge in [0.2, 0.25) is 0 Å². The molecule has 7 nitrogen and oxygen atoms in total. The minimum Gasteiger partial charge on any atom is -0.466 e. The van der Waals surface area contributed by atoms with Crippen molar-refractivity contribution in [3.8, 4) is 11.5 Å². The summed E-state index contributed by atoms with van der Waals surface area (Å²) in [4.78, 5) is 32.9. The van der Waals surface area contributed by atoms with Gasteiger partial charge < -0.3 is 9.47 Å². The summed E-state index contributed by atoms with van der Waals surface area (Å²) in [6, 6.07) is 8.41. The zero-order valence-corrected chi connectivity index (χ0v) is 14.0. The average molecular weight is 364 g/mol. The second-order valence-electron chi connectivity index (χ2n) is 4.95. The van der Waals surface area contributed by atoms with Crippen LogP contribution in [-0.4, -0.2) is 23.8 Å². The third-order valence-corrected chi connectivity index (χ3v) is 3.51. The maximum absolute atomic E-state index is 11.6. The number of hydrogen-bond donors (Lipinski definition) is 0. The maximum Gasteiger partial charge on any atom is 0.310 e. The van der Waals surface area contributed by atoms with Crippen molar-refractivity contribution >= 4 is 29.5 Å². The molecule has 0 aliphatic carbocycles. The summed E-state index contributed by atoms with van der Waals surface area (Å²) < 4.78 is 10.5. The first-order chi connectivity index (χ1) is 11.9. The van der Waals surface area contributed by atoms with E-state index in [-0.39, 0.29) is 46.8 Å². The lowest BCUT2D eigenvalue weighted by atomic mass is 10.1. The van der Waals surface area contributed by atoms with E-state index < -0.39 is 4.92 Å². The van der Waals surface area contributed by atoms with Crippen LogP contribution in [0.25, 0.3) is 0 Å². The van der Waals surface area contributed by atoms with Crippen LogP contribution >= 0.6 is 11.6 Å². The zero-order valence-electron chi connectivity index (χ0n) is 13.2. The first-order valence-corrected chi connectivity index (χ1v) is 7.68. The molecule has 130 valence electrons. The number of hydrogen-bond acceptors (Lipinski definition) is 6. The van der Waals surface area contributed by atoms with Gasteiger partial charge in [0, 0.05) is 12.1 Å². The molecule has 2 aromatic carbocycles. The molecule has 0 fully saturated rings. The van der Waals surface area contributed by atoms with E-state index in [9.17, 15) is 19.7 Å². The zero-order chi connectivity index (χ0) is 18.4. The molecular formula is C17H14ClNO6. The molecule has 0 unspecified atom stereocenters. The third-order valence-electron chi connectivity index (χ3n) is 3.20. The van der Waals surface area contributed by atoms with Crippen LogP contribution in [0.5, 0.6) is 11.5 Å². The normalized spacial score (nSPS) is 10.2. The van der Waals surface area contributed by atoms with Gasteiger partial charge in [0.1, 0.15) is 11.5 Å². The number of rotatable bonds is 7. The van der Waals surface area contributed by atoms with Gasteiger partial charge in [-0.1, -0.05) is 17.7 Å². The second kappa shape index (κ2) is 8.25. The summed E-state index contributed by atoms with van der Waals surface area (Å²) in [6.45, 7) is 1.99.